The number of nitrogens with zero attached hydrogens (tertiary/aromatic N) is 3. The number of hydrogen-bond acceptors (Lipinski definition) is 5. The van der Waals surface area contributed by atoms with Crippen LogP contribution in [0.25, 0.3) is 16.9 Å². The van der Waals surface area contributed by atoms with Gasteiger partial charge in [-0.2, -0.15) is 5.10 Å². The average molecular weight is 494 g/mol. The van der Waals surface area contributed by atoms with E-state index in [0.717, 1.165) is 0 Å². The fourth-order valence-corrected chi connectivity index (χ4v) is 5.09. The molecule has 1 atom stereocenters. The Balaban J connectivity index is 1.92. The smallest absolute Gasteiger partial charge is 0.335 e. The minimum atomic E-state index is -1.77. The number of ether oxygens (including phenoxy) is 1. The van der Waals surface area contributed by atoms with Crippen molar-refractivity contribution >= 4 is 17.6 Å². The van der Waals surface area contributed by atoms with E-state index in [9.17, 15) is 14.7 Å². The van der Waals surface area contributed by atoms with E-state index in [1.807, 2.05) is 79.7 Å². The zero-order valence-electron chi connectivity index (χ0n) is 20.7. The van der Waals surface area contributed by atoms with Crippen LogP contribution < -0.4 is 4.90 Å². The fourth-order valence-electron chi connectivity index (χ4n) is 5.09. The summed E-state index contributed by atoms with van der Waals surface area (Å²) in [7, 11) is 0. The lowest BCUT2D eigenvalue weighted by molar-refractivity contribution is -0.140. The molecule has 0 bridgehead atoms. The Morgan fingerprint density at radius 3 is 2.24 bits per heavy atom. The maximum absolute atomic E-state index is 14.5. The van der Waals surface area contributed by atoms with Gasteiger partial charge in [-0.1, -0.05) is 73.3 Å². The Bertz CT molecular complexity index is 1490. The molecule has 0 radical (unpaired) electrons. The molecule has 4 aromatic rings. The van der Waals surface area contributed by atoms with Crippen molar-refractivity contribution < 1.29 is 19.4 Å². The van der Waals surface area contributed by atoms with Gasteiger partial charge in [0.15, 0.2) is 11.2 Å². The highest BCUT2D eigenvalue weighted by Crippen LogP contribution is 2.54. The van der Waals surface area contributed by atoms with Gasteiger partial charge in [-0.15, -0.1) is 0 Å². The van der Waals surface area contributed by atoms with Crippen LogP contribution in [0, 0.1) is 0 Å². The molecular weight excluding hydrogens is 466 g/mol. The van der Waals surface area contributed by atoms with Crippen molar-refractivity contribution in [1.82, 2.24) is 9.78 Å². The molecule has 37 heavy (non-hydrogen) atoms. The van der Waals surface area contributed by atoms with Crippen LogP contribution in [-0.2, 0) is 19.7 Å². The monoisotopic (exact) mass is 493 g/mol. The summed E-state index contributed by atoms with van der Waals surface area (Å²) in [6, 6.07) is 25.7. The third-order valence-corrected chi connectivity index (χ3v) is 6.72. The van der Waals surface area contributed by atoms with Crippen molar-refractivity contribution in [3.63, 3.8) is 0 Å². The molecule has 0 saturated heterocycles. The first kappa shape index (κ1) is 24.1. The van der Waals surface area contributed by atoms with Crippen molar-refractivity contribution in [3.8, 4) is 22.7 Å². The first-order valence-corrected chi connectivity index (χ1v) is 12.2. The largest absolute Gasteiger partial charge is 0.504 e. The standard InChI is InChI=1S/C30H27N3O4/c1-4-32-24-19-13-12-18-23(24)30(29(32)36,20(3)28(35)37-5-2)27-26(34)25(21-14-8-6-9-15-21)31-33(27)22-16-10-7-11-17-22/h6-19,34H,3-5H2,1-2H3. The molecule has 7 heteroatoms. The predicted molar refractivity (Wildman–Crippen MR) is 142 cm³/mol. The van der Waals surface area contributed by atoms with Crippen LogP contribution in [0.4, 0.5) is 5.69 Å². The Morgan fingerprint density at radius 2 is 1.59 bits per heavy atom. The van der Waals surface area contributed by atoms with Gasteiger partial charge in [-0.3, -0.25) is 4.79 Å². The number of rotatable bonds is 7. The summed E-state index contributed by atoms with van der Waals surface area (Å²) < 4.78 is 6.89. The van der Waals surface area contributed by atoms with Crippen LogP contribution in [0.15, 0.2) is 97.1 Å². The highest BCUT2D eigenvalue weighted by Gasteiger charge is 2.59. The number of benzene rings is 3. The zero-order valence-corrected chi connectivity index (χ0v) is 20.7. The Hall–Kier alpha value is -4.65. The van der Waals surface area contributed by atoms with Crippen LogP contribution in [0.1, 0.15) is 25.1 Å². The summed E-state index contributed by atoms with van der Waals surface area (Å²) in [4.78, 5) is 29.3. The molecule has 5 rings (SSSR count). The van der Waals surface area contributed by atoms with E-state index in [-0.39, 0.29) is 29.3 Å². The summed E-state index contributed by atoms with van der Waals surface area (Å²) in [5.74, 6) is -1.33. The SMILES string of the molecule is C=C(C(=O)OCC)C1(c2c(O)c(-c3ccccc3)nn2-c2ccccc2)C(=O)N(CC)c2ccccc21. The van der Waals surface area contributed by atoms with Crippen LogP contribution in [0.3, 0.4) is 0 Å². The van der Waals surface area contributed by atoms with Crippen molar-refractivity contribution in [2.75, 3.05) is 18.1 Å². The average Bonchev–Trinajstić information content (AvgIpc) is 3.40. The van der Waals surface area contributed by atoms with Crippen molar-refractivity contribution in [2.24, 2.45) is 0 Å². The van der Waals surface area contributed by atoms with E-state index in [4.69, 9.17) is 9.84 Å². The molecule has 1 N–H and O–H groups in total. The van der Waals surface area contributed by atoms with E-state index < -0.39 is 17.3 Å². The second-order valence-corrected chi connectivity index (χ2v) is 8.67. The number of hydrogen-bond donors (Lipinski definition) is 1. The number of fused-ring (bicyclic) bond motifs is 1. The van der Waals surface area contributed by atoms with Gasteiger partial charge in [0.2, 0.25) is 5.91 Å². The van der Waals surface area contributed by atoms with Gasteiger partial charge in [-0.25, -0.2) is 9.48 Å². The molecule has 1 aliphatic rings. The van der Waals surface area contributed by atoms with Crippen LogP contribution in [0.5, 0.6) is 5.75 Å². The van der Waals surface area contributed by atoms with Crippen LogP contribution in [0.2, 0.25) is 0 Å². The number of likely N-dealkylation sites (N-methyl/N-ethyl adjacent to an activating group) is 1. The van der Waals surface area contributed by atoms with Gasteiger partial charge in [0.25, 0.3) is 0 Å². The Labute approximate surface area is 215 Å². The van der Waals surface area contributed by atoms with Gasteiger partial charge >= 0.3 is 5.97 Å². The van der Waals surface area contributed by atoms with Crippen LogP contribution >= 0.6 is 0 Å². The molecule has 0 aliphatic carbocycles. The number of aromatic nitrogens is 2. The summed E-state index contributed by atoms with van der Waals surface area (Å²) in [5, 5.41) is 16.7. The van der Waals surface area contributed by atoms with Crippen molar-refractivity contribution in [3.05, 3.63) is 108 Å². The number of esters is 1. The second-order valence-electron chi connectivity index (χ2n) is 8.67. The van der Waals surface area contributed by atoms with Gasteiger partial charge in [0.1, 0.15) is 11.4 Å². The zero-order chi connectivity index (χ0) is 26.2. The first-order chi connectivity index (χ1) is 18.0. The van der Waals surface area contributed by atoms with E-state index >= 15 is 0 Å². The summed E-state index contributed by atoms with van der Waals surface area (Å²) in [6.45, 7) is 8.13. The number of carbonyl (C=O) groups is 2. The van der Waals surface area contributed by atoms with Gasteiger partial charge in [0, 0.05) is 23.4 Å². The van der Waals surface area contributed by atoms with Gasteiger partial charge in [-0.05, 0) is 32.0 Å². The summed E-state index contributed by atoms with van der Waals surface area (Å²) in [6.07, 6.45) is 0. The summed E-state index contributed by atoms with van der Waals surface area (Å²) in [5.41, 5.74) is 1.03. The second kappa shape index (κ2) is 9.43. The van der Waals surface area contributed by atoms with Crippen molar-refractivity contribution in [1.29, 1.82) is 0 Å². The van der Waals surface area contributed by atoms with E-state index in [1.54, 1.807) is 24.0 Å². The lowest BCUT2D eigenvalue weighted by Gasteiger charge is -2.30. The third kappa shape index (κ3) is 3.54. The minimum Gasteiger partial charge on any atom is -0.504 e. The topological polar surface area (TPSA) is 84.7 Å². The van der Waals surface area contributed by atoms with E-state index in [1.165, 1.54) is 4.68 Å². The number of amides is 1. The van der Waals surface area contributed by atoms with E-state index in [0.29, 0.717) is 29.0 Å². The molecule has 7 nitrogen and oxygen atoms in total. The Kier molecular flexibility index (Phi) is 6.13. The highest BCUT2D eigenvalue weighted by molar-refractivity contribution is 6.17. The molecule has 1 amide bonds. The number of anilines is 1. The summed E-state index contributed by atoms with van der Waals surface area (Å²) >= 11 is 0. The predicted octanol–water partition coefficient (Wildman–Crippen LogP) is 5.02. The highest BCUT2D eigenvalue weighted by atomic mass is 16.5. The van der Waals surface area contributed by atoms with Crippen molar-refractivity contribution in [2.45, 2.75) is 19.3 Å². The molecule has 0 saturated carbocycles. The normalized spacial score (nSPS) is 16.5. The third-order valence-electron chi connectivity index (χ3n) is 6.72. The molecule has 1 unspecified atom stereocenters. The minimum absolute atomic E-state index is 0.0882. The lowest BCUT2D eigenvalue weighted by atomic mass is 9.72. The maximum atomic E-state index is 14.5. The number of aromatic hydroxyl groups is 1. The van der Waals surface area contributed by atoms with E-state index in [2.05, 4.69) is 6.58 Å². The number of carbonyl (C=O) groups excluding carboxylic acids is 2. The molecule has 186 valence electrons. The molecule has 2 heterocycles. The number of para-hydroxylation sites is 2. The lowest BCUT2D eigenvalue weighted by Crippen LogP contribution is -2.46. The molecular formula is C30H27N3O4. The van der Waals surface area contributed by atoms with Crippen LogP contribution in [-0.4, -0.2) is 39.9 Å². The first-order valence-electron chi connectivity index (χ1n) is 12.2. The molecule has 0 fully saturated rings. The fraction of sp³-hybridized carbons (Fsp3) is 0.167. The molecule has 1 aromatic heterocycles. The van der Waals surface area contributed by atoms with Gasteiger partial charge < -0.3 is 14.7 Å². The molecule has 1 aliphatic heterocycles. The Morgan fingerprint density at radius 1 is 0.973 bits per heavy atom. The maximum Gasteiger partial charge on any atom is 0.335 e. The van der Waals surface area contributed by atoms with Gasteiger partial charge in [0.05, 0.1) is 17.9 Å². The molecule has 3 aromatic carbocycles. The molecule has 0 spiro atoms. The quantitative estimate of drug-likeness (QED) is 0.289.